The van der Waals surface area contributed by atoms with Gasteiger partial charge < -0.3 is 10.6 Å². The first-order valence-electron chi connectivity index (χ1n) is 6.31. The van der Waals surface area contributed by atoms with E-state index in [9.17, 15) is 4.79 Å². The van der Waals surface area contributed by atoms with Crippen LogP contribution >= 0.6 is 15.9 Å². The van der Waals surface area contributed by atoms with Gasteiger partial charge in [0.2, 0.25) is 5.91 Å². The lowest BCUT2D eigenvalue weighted by Gasteiger charge is -2.25. The third-order valence-corrected chi connectivity index (χ3v) is 3.68. The fraction of sp³-hybridized carbons (Fsp3) is 0.214. The number of benzene rings is 1. The molecule has 1 unspecified atom stereocenters. The maximum atomic E-state index is 12.2. The first-order chi connectivity index (χ1) is 9.72. The maximum absolute atomic E-state index is 12.2. The number of nitrogens with one attached hydrogen (secondary N) is 2. The molecule has 1 aromatic carbocycles. The molecule has 6 heteroatoms. The minimum atomic E-state index is -0.240. The second-order valence-electron chi connectivity index (χ2n) is 4.62. The number of hydrogen-bond acceptors (Lipinski definition) is 4. The third kappa shape index (κ3) is 2.86. The van der Waals surface area contributed by atoms with Gasteiger partial charge in [0.1, 0.15) is 4.60 Å². The summed E-state index contributed by atoms with van der Waals surface area (Å²) in [6, 6.07) is 7.92. The van der Waals surface area contributed by atoms with E-state index in [1.165, 1.54) is 17.3 Å². The Hall–Kier alpha value is -1.79. The Morgan fingerprint density at radius 3 is 2.80 bits per heavy atom. The lowest BCUT2D eigenvalue weighted by molar-refractivity contribution is -0.118. The summed E-state index contributed by atoms with van der Waals surface area (Å²) in [6.45, 7) is 0.709. The van der Waals surface area contributed by atoms with Crippen LogP contribution in [0.25, 0.3) is 0 Å². The molecule has 2 heterocycles. The van der Waals surface area contributed by atoms with Crippen molar-refractivity contribution in [2.45, 2.75) is 19.0 Å². The van der Waals surface area contributed by atoms with Crippen LogP contribution in [-0.2, 0) is 17.8 Å². The zero-order valence-corrected chi connectivity index (χ0v) is 12.2. The summed E-state index contributed by atoms with van der Waals surface area (Å²) in [7, 11) is 0. The zero-order chi connectivity index (χ0) is 13.9. The molecule has 0 fully saturated rings. The van der Waals surface area contributed by atoms with Gasteiger partial charge in [-0.1, -0.05) is 24.3 Å². The summed E-state index contributed by atoms with van der Waals surface area (Å²) in [5.74, 6) is 0.370. The molecular weight excluding hydrogens is 320 g/mol. The highest BCUT2D eigenvalue weighted by atomic mass is 79.9. The van der Waals surface area contributed by atoms with Crippen molar-refractivity contribution in [3.05, 3.63) is 52.4 Å². The quantitative estimate of drug-likeness (QED) is 0.881. The Balaban J connectivity index is 1.68. The molecule has 102 valence electrons. The normalized spacial score (nSPS) is 17.4. The van der Waals surface area contributed by atoms with Crippen LogP contribution in [0.4, 0.5) is 5.82 Å². The third-order valence-electron chi connectivity index (χ3n) is 3.27. The van der Waals surface area contributed by atoms with Crippen molar-refractivity contribution in [1.82, 2.24) is 15.3 Å². The van der Waals surface area contributed by atoms with Crippen LogP contribution in [0.1, 0.15) is 11.1 Å². The van der Waals surface area contributed by atoms with Crippen LogP contribution < -0.4 is 10.6 Å². The van der Waals surface area contributed by atoms with Crippen molar-refractivity contribution in [2.24, 2.45) is 0 Å². The Bertz CT molecular complexity index is 629. The minimum absolute atomic E-state index is 0.0869. The van der Waals surface area contributed by atoms with Crippen LogP contribution in [0.5, 0.6) is 0 Å². The largest absolute Gasteiger partial charge is 0.308 e. The number of carbonyl (C=O) groups excluding carboxylic acids is 1. The van der Waals surface area contributed by atoms with Gasteiger partial charge in [-0.25, -0.2) is 9.97 Å². The lowest BCUT2D eigenvalue weighted by atomic mass is 9.95. The average Bonchev–Trinajstić information content (AvgIpc) is 2.49. The number of amides is 1. The molecular formula is C14H13BrN4O. The van der Waals surface area contributed by atoms with E-state index in [4.69, 9.17) is 0 Å². The van der Waals surface area contributed by atoms with E-state index in [1.807, 2.05) is 12.1 Å². The molecule has 1 aliphatic rings. The minimum Gasteiger partial charge on any atom is -0.308 e. The molecule has 0 saturated heterocycles. The van der Waals surface area contributed by atoms with E-state index >= 15 is 0 Å². The molecule has 2 N–H and O–H groups in total. The van der Waals surface area contributed by atoms with Gasteiger partial charge in [0, 0.05) is 6.54 Å². The second kappa shape index (κ2) is 5.68. The molecule has 3 rings (SSSR count). The SMILES string of the molecule is O=C(Nc1cnc(Br)cn1)C1Cc2ccccc2CN1. The van der Waals surface area contributed by atoms with Crippen LogP contribution in [0, 0.1) is 0 Å². The molecule has 1 aliphatic heterocycles. The smallest absolute Gasteiger partial charge is 0.243 e. The second-order valence-corrected chi connectivity index (χ2v) is 5.43. The predicted molar refractivity (Wildman–Crippen MR) is 79.1 cm³/mol. The Morgan fingerprint density at radius 1 is 1.25 bits per heavy atom. The van der Waals surface area contributed by atoms with E-state index in [2.05, 4.69) is 48.7 Å². The number of anilines is 1. The molecule has 1 aromatic heterocycles. The molecule has 1 atom stereocenters. The van der Waals surface area contributed by atoms with Gasteiger partial charge in [0.25, 0.3) is 0 Å². The highest BCUT2D eigenvalue weighted by molar-refractivity contribution is 9.10. The molecule has 20 heavy (non-hydrogen) atoms. The molecule has 0 aliphatic carbocycles. The van der Waals surface area contributed by atoms with Crippen LogP contribution in [-0.4, -0.2) is 21.9 Å². The molecule has 0 radical (unpaired) electrons. The van der Waals surface area contributed by atoms with Crippen molar-refractivity contribution in [3.8, 4) is 0 Å². The fourth-order valence-electron chi connectivity index (χ4n) is 2.23. The standard InChI is InChI=1S/C14H13BrN4O/c15-12-7-18-13(8-17-12)19-14(20)11-5-9-3-1-2-4-10(9)6-16-11/h1-4,7-8,11,16H,5-6H2,(H,18,19,20). The Kier molecular flexibility index (Phi) is 3.75. The molecule has 0 spiro atoms. The highest BCUT2D eigenvalue weighted by Gasteiger charge is 2.24. The molecule has 5 nitrogen and oxygen atoms in total. The number of hydrogen-bond donors (Lipinski definition) is 2. The van der Waals surface area contributed by atoms with Crippen LogP contribution in [0.3, 0.4) is 0 Å². The van der Waals surface area contributed by atoms with Crippen molar-refractivity contribution >= 4 is 27.7 Å². The number of aromatic nitrogens is 2. The number of halogens is 1. The van der Waals surface area contributed by atoms with Crippen LogP contribution in [0.2, 0.25) is 0 Å². The van der Waals surface area contributed by atoms with Gasteiger partial charge in [-0.2, -0.15) is 0 Å². The average molecular weight is 333 g/mol. The van der Waals surface area contributed by atoms with Crippen molar-refractivity contribution < 1.29 is 4.79 Å². The van der Waals surface area contributed by atoms with Crippen molar-refractivity contribution in [1.29, 1.82) is 0 Å². The van der Waals surface area contributed by atoms with Gasteiger partial charge in [-0.15, -0.1) is 0 Å². The van der Waals surface area contributed by atoms with Crippen molar-refractivity contribution in [3.63, 3.8) is 0 Å². The molecule has 1 amide bonds. The monoisotopic (exact) mass is 332 g/mol. The summed E-state index contributed by atoms with van der Waals surface area (Å²) >= 11 is 3.21. The van der Waals surface area contributed by atoms with E-state index < -0.39 is 0 Å². The first kappa shape index (κ1) is 13.2. The highest BCUT2D eigenvalue weighted by Crippen LogP contribution is 2.17. The molecule has 0 saturated carbocycles. The number of fused-ring (bicyclic) bond motifs is 1. The maximum Gasteiger partial charge on any atom is 0.243 e. The zero-order valence-electron chi connectivity index (χ0n) is 10.6. The lowest BCUT2D eigenvalue weighted by Crippen LogP contribution is -2.44. The van der Waals surface area contributed by atoms with E-state index in [0.29, 0.717) is 23.4 Å². The van der Waals surface area contributed by atoms with E-state index in [-0.39, 0.29) is 11.9 Å². The first-order valence-corrected chi connectivity index (χ1v) is 7.10. The summed E-state index contributed by atoms with van der Waals surface area (Å²) in [5.41, 5.74) is 2.47. The summed E-state index contributed by atoms with van der Waals surface area (Å²) < 4.78 is 0.639. The summed E-state index contributed by atoms with van der Waals surface area (Å²) in [4.78, 5) is 20.3. The fourth-order valence-corrected chi connectivity index (χ4v) is 2.43. The van der Waals surface area contributed by atoms with Crippen molar-refractivity contribution in [2.75, 3.05) is 5.32 Å². The number of nitrogens with zero attached hydrogens (tertiary/aromatic N) is 2. The number of rotatable bonds is 2. The number of carbonyl (C=O) groups is 1. The topological polar surface area (TPSA) is 66.9 Å². The molecule has 2 aromatic rings. The van der Waals surface area contributed by atoms with E-state index in [0.717, 1.165) is 0 Å². The van der Waals surface area contributed by atoms with Gasteiger partial charge >= 0.3 is 0 Å². The summed E-state index contributed by atoms with van der Waals surface area (Å²) in [6.07, 6.45) is 3.77. The van der Waals surface area contributed by atoms with E-state index in [1.54, 1.807) is 6.20 Å². The van der Waals surface area contributed by atoms with Gasteiger partial charge in [-0.05, 0) is 33.5 Å². The van der Waals surface area contributed by atoms with Gasteiger partial charge in [0.15, 0.2) is 5.82 Å². The Morgan fingerprint density at radius 2 is 2.05 bits per heavy atom. The van der Waals surface area contributed by atoms with Gasteiger partial charge in [0.05, 0.1) is 18.4 Å². The summed E-state index contributed by atoms with van der Waals surface area (Å²) in [5, 5.41) is 6.01. The van der Waals surface area contributed by atoms with Crippen LogP contribution in [0.15, 0.2) is 41.3 Å². The van der Waals surface area contributed by atoms with Gasteiger partial charge in [-0.3, -0.25) is 4.79 Å². The molecule has 0 bridgehead atoms. The predicted octanol–water partition coefficient (Wildman–Crippen LogP) is 1.89. The Labute approximate surface area is 125 Å².